The van der Waals surface area contributed by atoms with Crippen molar-refractivity contribution in [2.24, 2.45) is 5.92 Å². The lowest BCUT2D eigenvalue weighted by Crippen LogP contribution is -2.40. The third-order valence-corrected chi connectivity index (χ3v) is 3.12. The molecule has 0 saturated heterocycles. The molecular formula is C16H25N3O. The first-order valence-electron chi connectivity index (χ1n) is 7.01. The van der Waals surface area contributed by atoms with Crippen molar-refractivity contribution in [3.05, 3.63) is 36.2 Å². The van der Waals surface area contributed by atoms with Crippen molar-refractivity contribution >= 4 is 12.0 Å². The number of likely N-dealkylation sites (N-methyl/N-ethyl adjacent to an activating group) is 1. The largest absolute Gasteiger partial charge is 0.351 e. The van der Waals surface area contributed by atoms with Crippen LogP contribution in [0.15, 0.2) is 30.6 Å². The van der Waals surface area contributed by atoms with Gasteiger partial charge in [0.15, 0.2) is 0 Å². The van der Waals surface area contributed by atoms with Gasteiger partial charge in [-0.1, -0.05) is 13.8 Å². The summed E-state index contributed by atoms with van der Waals surface area (Å²) < 4.78 is 0. The Morgan fingerprint density at radius 1 is 1.35 bits per heavy atom. The van der Waals surface area contributed by atoms with Gasteiger partial charge in [0.25, 0.3) is 0 Å². The summed E-state index contributed by atoms with van der Waals surface area (Å²) >= 11 is 0. The van der Waals surface area contributed by atoms with Crippen molar-refractivity contribution in [3.8, 4) is 0 Å². The number of nitrogens with zero attached hydrogens (tertiary/aromatic N) is 2. The van der Waals surface area contributed by atoms with Gasteiger partial charge in [0.05, 0.1) is 0 Å². The number of carbonyl (C=O) groups excluding carboxylic acids is 1. The number of hydrogen-bond donors (Lipinski definition) is 1. The van der Waals surface area contributed by atoms with Gasteiger partial charge in [-0.15, -0.1) is 0 Å². The minimum atomic E-state index is -0.0579. The highest BCUT2D eigenvalue weighted by Crippen LogP contribution is 2.08. The van der Waals surface area contributed by atoms with E-state index < -0.39 is 0 Å². The first kappa shape index (κ1) is 16.4. The smallest absolute Gasteiger partial charge is 0.244 e. The molecule has 1 amide bonds. The molecule has 4 heteroatoms. The standard InChI is InChI=1S/C16H25N3O/c1-13(2)11-15(19(3)4)12-18-16(20)6-5-14-7-9-17-10-8-14/h5-10,13,15H,11-12H2,1-4H3,(H,18,20)/b6-5-/t15-/m0/s1. The SMILES string of the molecule is CC(C)C[C@@H](CNC(=O)/C=C\c1ccncc1)N(C)C. The second-order valence-electron chi connectivity index (χ2n) is 5.61. The van der Waals surface area contributed by atoms with Gasteiger partial charge in [0, 0.05) is 31.1 Å². The zero-order valence-electron chi connectivity index (χ0n) is 12.8. The van der Waals surface area contributed by atoms with Crippen molar-refractivity contribution in [2.75, 3.05) is 20.6 Å². The summed E-state index contributed by atoms with van der Waals surface area (Å²) in [7, 11) is 4.10. The molecule has 0 bridgehead atoms. The maximum atomic E-state index is 11.8. The molecule has 1 N–H and O–H groups in total. The Labute approximate surface area is 121 Å². The van der Waals surface area contributed by atoms with E-state index in [0.717, 1.165) is 12.0 Å². The summed E-state index contributed by atoms with van der Waals surface area (Å²) in [5.41, 5.74) is 0.974. The summed E-state index contributed by atoms with van der Waals surface area (Å²) in [6.07, 6.45) is 7.85. The van der Waals surface area contributed by atoms with Crippen molar-refractivity contribution < 1.29 is 4.79 Å². The van der Waals surface area contributed by atoms with E-state index in [1.165, 1.54) is 0 Å². The van der Waals surface area contributed by atoms with Crippen molar-refractivity contribution in [1.29, 1.82) is 0 Å². The van der Waals surface area contributed by atoms with Crippen LogP contribution in [-0.2, 0) is 4.79 Å². The molecule has 20 heavy (non-hydrogen) atoms. The number of hydrogen-bond acceptors (Lipinski definition) is 3. The zero-order chi connectivity index (χ0) is 15.0. The topological polar surface area (TPSA) is 45.2 Å². The predicted molar refractivity (Wildman–Crippen MR) is 83.2 cm³/mol. The Balaban J connectivity index is 2.43. The van der Waals surface area contributed by atoms with Crippen LogP contribution in [0.3, 0.4) is 0 Å². The van der Waals surface area contributed by atoms with Crippen molar-refractivity contribution in [3.63, 3.8) is 0 Å². The van der Waals surface area contributed by atoms with Gasteiger partial charge in [-0.2, -0.15) is 0 Å². The molecule has 4 nitrogen and oxygen atoms in total. The molecule has 0 fully saturated rings. The predicted octanol–water partition coefficient (Wildman–Crippen LogP) is 2.19. The molecule has 1 atom stereocenters. The Morgan fingerprint density at radius 3 is 2.55 bits per heavy atom. The Bertz CT molecular complexity index is 427. The third-order valence-electron chi connectivity index (χ3n) is 3.12. The van der Waals surface area contributed by atoms with E-state index in [9.17, 15) is 4.79 Å². The Kier molecular flexibility index (Phi) is 6.94. The second kappa shape index (κ2) is 8.48. The first-order chi connectivity index (χ1) is 9.49. The maximum Gasteiger partial charge on any atom is 0.244 e. The molecule has 0 saturated carbocycles. The van der Waals surface area contributed by atoms with Crippen LogP contribution in [0.1, 0.15) is 25.8 Å². The first-order valence-corrected chi connectivity index (χ1v) is 7.01. The molecular weight excluding hydrogens is 250 g/mol. The average molecular weight is 275 g/mol. The number of rotatable bonds is 7. The number of carbonyl (C=O) groups is 1. The van der Waals surface area contributed by atoms with Crippen LogP contribution in [0.4, 0.5) is 0 Å². The number of pyridine rings is 1. The van der Waals surface area contributed by atoms with E-state index in [-0.39, 0.29) is 5.91 Å². The van der Waals surface area contributed by atoms with Gasteiger partial charge >= 0.3 is 0 Å². The normalized spacial score (nSPS) is 13.1. The van der Waals surface area contributed by atoms with E-state index in [2.05, 4.69) is 29.0 Å². The molecule has 0 aliphatic heterocycles. The van der Waals surface area contributed by atoms with Crippen LogP contribution >= 0.6 is 0 Å². The molecule has 0 aliphatic carbocycles. The number of aromatic nitrogens is 1. The van der Waals surface area contributed by atoms with Crippen LogP contribution in [0.25, 0.3) is 6.08 Å². The van der Waals surface area contributed by atoms with E-state index >= 15 is 0 Å². The van der Waals surface area contributed by atoms with Crippen LogP contribution in [0, 0.1) is 5.92 Å². The monoisotopic (exact) mass is 275 g/mol. The fourth-order valence-corrected chi connectivity index (χ4v) is 1.94. The molecule has 0 unspecified atom stereocenters. The van der Waals surface area contributed by atoms with Gasteiger partial charge in [-0.05, 0) is 50.2 Å². The lowest BCUT2D eigenvalue weighted by atomic mass is 10.0. The van der Waals surface area contributed by atoms with E-state index in [1.807, 2.05) is 26.2 Å². The molecule has 1 rings (SSSR count). The Morgan fingerprint density at radius 2 is 2.00 bits per heavy atom. The van der Waals surface area contributed by atoms with Crippen molar-refractivity contribution in [2.45, 2.75) is 26.3 Å². The second-order valence-corrected chi connectivity index (χ2v) is 5.61. The zero-order valence-corrected chi connectivity index (χ0v) is 12.8. The third kappa shape index (κ3) is 6.48. The quantitative estimate of drug-likeness (QED) is 0.776. The minimum absolute atomic E-state index is 0.0579. The highest BCUT2D eigenvalue weighted by molar-refractivity contribution is 5.91. The lowest BCUT2D eigenvalue weighted by Gasteiger charge is -2.26. The van der Waals surface area contributed by atoms with Crippen LogP contribution in [0.2, 0.25) is 0 Å². The number of amides is 1. The van der Waals surface area contributed by atoms with Gasteiger partial charge in [0.2, 0.25) is 5.91 Å². The highest BCUT2D eigenvalue weighted by Gasteiger charge is 2.13. The lowest BCUT2D eigenvalue weighted by molar-refractivity contribution is -0.116. The minimum Gasteiger partial charge on any atom is -0.351 e. The Hall–Kier alpha value is -1.68. The van der Waals surface area contributed by atoms with Crippen LogP contribution < -0.4 is 5.32 Å². The molecule has 1 aromatic heterocycles. The molecule has 110 valence electrons. The van der Waals surface area contributed by atoms with E-state index in [4.69, 9.17) is 0 Å². The summed E-state index contributed by atoms with van der Waals surface area (Å²) in [6.45, 7) is 5.06. The molecule has 0 aliphatic rings. The summed E-state index contributed by atoms with van der Waals surface area (Å²) in [5, 5.41) is 2.96. The summed E-state index contributed by atoms with van der Waals surface area (Å²) in [4.78, 5) is 17.9. The van der Waals surface area contributed by atoms with E-state index in [1.54, 1.807) is 24.5 Å². The molecule has 0 aromatic carbocycles. The van der Waals surface area contributed by atoms with E-state index in [0.29, 0.717) is 18.5 Å². The maximum absolute atomic E-state index is 11.8. The average Bonchev–Trinajstić information content (AvgIpc) is 2.41. The van der Waals surface area contributed by atoms with Gasteiger partial charge in [-0.3, -0.25) is 9.78 Å². The van der Waals surface area contributed by atoms with Crippen molar-refractivity contribution in [1.82, 2.24) is 15.2 Å². The fraction of sp³-hybridized carbons (Fsp3) is 0.500. The highest BCUT2D eigenvalue weighted by atomic mass is 16.1. The molecule has 0 radical (unpaired) electrons. The number of nitrogens with one attached hydrogen (secondary N) is 1. The summed E-state index contributed by atoms with van der Waals surface area (Å²) in [6, 6.07) is 4.10. The van der Waals surface area contributed by atoms with Crippen LogP contribution in [0.5, 0.6) is 0 Å². The molecule has 1 aromatic rings. The molecule has 0 spiro atoms. The summed E-state index contributed by atoms with van der Waals surface area (Å²) in [5.74, 6) is 0.559. The van der Waals surface area contributed by atoms with Crippen LogP contribution in [-0.4, -0.2) is 42.5 Å². The molecule has 1 heterocycles. The van der Waals surface area contributed by atoms with Gasteiger partial charge in [0.1, 0.15) is 0 Å². The van der Waals surface area contributed by atoms with Gasteiger partial charge < -0.3 is 10.2 Å². The van der Waals surface area contributed by atoms with Gasteiger partial charge in [-0.25, -0.2) is 0 Å². The fourth-order valence-electron chi connectivity index (χ4n) is 1.94.